The number of benzene rings is 1. The van der Waals surface area contributed by atoms with Crippen LogP contribution in [0.5, 0.6) is 0 Å². The van der Waals surface area contributed by atoms with Crippen molar-refractivity contribution in [1.29, 1.82) is 0 Å². The molecule has 1 N–H and O–H groups in total. The molecule has 25 heavy (non-hydrogen) atoms. The zero-order valence-corrected chi connectivity index (χ0v) is 13.7. The molecule has 4 nitrogen and oxygen atoms in total. The molecule has 5 rings (SSSR count). The van der Waals surface area contributed by atoms with E-state index in [2.05, 4.69) is 27.4 Å². The van der Waals surface area contributed by atoms with Gasteiger partial charge in [0, 0.05) is 41.0 Å². The van der Waals surface area contributed by atoms with Gasteiger partial charge in [-0.15, -0.1) is 0 Å². The smallest absolute Gasteiger partial charge is 0.161 e. The molecule has 4 heteroatoms. The van der Waals surface area contributed by atoms with Gasteiger partial charge in [-0.3, -0.25) is 14.8 Å². The maximum absolute atomic E-state index is 12.8. The molecule has 122 valence electrons. The lowest BCUT2D eigenvalue weighted by Gasteiger charge is -2.34. The third-order valence-corrected chi connectivity index (χ3v) is 5.12. The Bertz CT molecular complexity index is 1020. The van der Waals surface area contributed by atoms with Crippen LogP contribution in [-0.2, 0) is 4.79 Å². The number of carbonyl (C=O) groups is 1. The molecule has 1 atom stereocenters. The van der Waals surface area contributed by atoms with Crippen LogP contribution in [0.2, 0.25) is 0 Å². The van der Waals surface area contributed by atoms with E-state index in [0.29, 0.717) is 6.42 Å². The van der Waals surface area contributed by atoms with Gasteiger partial charge in [-0.25, -0.2) is 0 Å². The molecule has 1 aliphatic heterocycles. The average Bonchev–Trinajstić information content (AvgIpc) is 2.68. The van der Waals surface area contributed by atoms with E-state index < -0.39 is 0 Å². The summed E-state index contributed by atoms with van der Waals surface area (Å²) in [4.78, 5) is 21.8. The molecule has 0 spiro atoms. The molecule has 2 aromatic heterocycles. The molecule has 1 aromatic carbocycles. The fraction of sp³-hybridized carbons (Fsp3) is 0.190. The van der Waals surface area contributed by atoms with Crippen molar-refractivity contribution in [1.82, 2.24) is 9.97 Å². The van der Waals surface area contributed by atoms with Crippen LogP contribution >= 0.6 is 0 Å². The van der Waals surface area contributed by atoms with Crippen LogP contribution in [0.4, 0.5) is 5.69 Å². The molecule has 0 fully saturated rings. The fourth-order valence-corrected chi connectivity index (χ4v) is 4.05. The molecule has 3 heterocycles. The Morgan fingerprint density at radius 3 is 2.76 bits per heavy atom. The number of nitrogens with zero attached hydrogens (tertiary/aromatic N) is 2. The number of hydrogen-bond acceptors (Lipinski definition) is 4. The number of anilines is 1. The molecule has 0 saturated carbocycles. The number of nitrogens with one attached hydrogen (secondary N) is 1. The van der Waals surface area contributed by atoms with Crippen LogP contribution in [0, 0.1) is 0 Å². The number of ketones is 1. The van der Waals surface area contributed by atoms with E-state index in [1.165, 1.54) is 5.57 Å². The van der Waals surface area contributed by atoms with Crippen LogP contribution in [-0.4, -0.2) is 15.8 Å². The number of rotatable bonds is 1. The highest BCUT2D eigenvalue weighted by Crippen LogP contribution is 2.47. The second-order valence-electron chi connectivity index (χ2n) is 6.56. The molecular weight excluding hydrogens is 310 g/mol. The van der Waals surface area contributed by atoms with Crippen LogP contribution in [0.1, 0.15) is 36.6 Å². The fourth-order valence-electron chi connectivity index (χ4n) is 4.05. The van der Waals surface area contributed by atoms with E-state index in [1.807, 2.05) is 36.5 Å². The lowest BCUT2D eigenvalue weighted by molar-refractivity contribution is -0.116. The summed E-state index contributed by atoms with van der Waals surface area (Å²) in [6, 6.07) is 13.8. The third-order valence-electron chi connectivity index (χ3n) is 5.12. The molecule has 0 bridgehead atoms. The molecule has 1 unspecified atom stereocenters. The van der Waals surface area contributed by atoms with Gasteiger partial charge in [0.15, 0.2) is 5.78 Å². The van der Waals surface area contributed by atoms with Crippen molar-refractivity contribution >= 4 is 27.9 Å². The summed E-state index contributed by atoms with van der Waals surface area (Å²) in [7, 11) is 0. The van der Waals surface area contributed by atoms with Crippen LogP contribution < -0.4 is 5.32 Å². The maximum Gasteiger partial charge on any atom is 0.161 e. The third kappa shape index (κ3) is 2.18. The minimum atomic E-state index is -0.175. The maximum atomic E-state index is 12.8. The molecule has 3 aromatic rings. The minimum absolute atomic E-state index is 0.175. The standard InChI is InChI=1S/C21H17N3O/c25-18-8-3-5-14-19-13-6-4-12-22-15(13)9-10-16(19)24-21(20(14)18)17-7-1-2-11-23-17/h1-2,4,6-7,9-12,21,24H,3,5,8H2. The van der Waals surface area contributed by atoms with Crippen molar-refractivity contribution in [3.63, 3.8) is 0 Å². The van der Waals surface area contributed by atoms with E-state index >= 15 is 0 Å². The van der Waals surface area contributed by atoms with E-state index in [0.717, 1.165) is 46.3 Å². The number of hydrogen-bond donors (Lipinski definition) is 1. The van der Waals surface area contributed by atoms with Crippen LogP contribution in [0.15, 0.2) is 60.4 Å². The van der Waals surface area contributed by atoms with Crippen molar-refractivity contribution in [2.45, 2.75) is 25.3 Å². The first kappa shape index (κ1) is 14.3. The van der Waals surface area contributed by atoms with Crippen molar-refractivity contribution in [3.8, 4) is 0 Å². The van der Waals surface area contributed by atoms with Gasteiger partial charge in [0.1, 0.15) is 0 Å². The Morgan fingerprint density at radius 1 is 0.960 bits per heavy atom. The zero-order valence-electron chi connectivity index (χ0n) is 13.7. The summed E-state index contributed by atoms with van der Waals surface area (Å²) in [6.45, 7) is 0. The van der Waals surface area contributed by atoms with Gasteiger partial charge in [0.2, 0.25) is 0 Å². The van der Waals surface area contributed by atoms with E-state index in [4.69, 9.17) is 0 Å². The van der Waals surface area contributed by atoms with Gasteiger partial charge >= 0.3 is 0 Å². The first-order valence-corrected chi connectivity index (χ1v) is 8.65. The number of carbonyl (C=O) groups excluding carboxylic acids is 1. The van der Waals surface area contributed by atoms with Crippen molar-refractivity contribution < 1.29 is 4.79 Å². The Labute approximate surface area is 145 Å². The van der Waals surface area contributed by atoms with Crippen LogP contribution in [0.3, 0.4) is 0 Å². The molecular formula is C21H17N3O. The Hall–Kier alpha value is -3.01. The lowest BCUT2D eigenvalue weighted by atomic mass is 9.78. The van der Waals surface area contributed by atoms with E-state index in [1.54, 1.807) is 6.20 Å². The summed E-state index contributed by atoms with van der Waals surface area (Å²) in [6.07, 6.45) is 6.03. The van der Waals surface area contributed by atoms with Gasteiger partial charge in [0.25, 0.3) is 0 Å². The summed E-state index contributed by atoms with van der Waals surface area (Å²) >= 11 is 0. The Morgan fingerprint density at radius 2 is 1.88 bits per heavy atom. The second kappa shape index (κ2) is 5.52. The quantitative estimate of drug-likeness (QED) is 0.724. The number of Topliss-reactive ketones (excluding diaryl/α,β-unsaturated/α-hetero) is 1. The van der Waals surface area contributed by atoms with Gasteiger partial charge in [-0.2, -0.15) is 0 Å². The SMILES string of the molecule is O=C1CCCC2=C1C(c1ccccn1)Nc1ccc3ncccc3c12. The van der Waals surface area contributed by atoms with Crippen LogP contribution in [0.25, 0.3) is 16.5 Å². The van der Waals surface area contributed by atoms with Gasteiger partial charge in [-0.1, -0.05) is 12.1 Å². The number of aromatic nitrogens is 2. The number of pyridine rings is 2. The largest absolute Gasteiger partial charge is 0.372 e. The highest BCUT2D eigenvalue weighted by Gasteiger charge is 2.35. The summed E-state index contributed by atoms with van der Waals surface area (Å²) in [5.41, 5.74) is 6.10. The van der Waals surface area contributed by atoms with E-state index in [-0.39, 0.29) is 11.8 Å². The van der Waals surface area contributed by atoms with Crippen molar-refractivity contribution in [2.75, 3.05) is 5.32 Å². The normalized spacial score (nSPS) is 19.4. The molecule has 0 radical (unpaired) electrons. The number of allylic oxidation sites excluding steroid dienone is 1. The highest BCUT2D eigenvalue weighted by atomic mass is 16.1. The van der Waals surface area contributed by atoms with E-state index in [9.17, 15) is 4.79 Å². The Balaban J connectivity index is 1.81. The molecule has 0 amide bonds. The Kier molecular flexibility index (Phi) is 3.17. The summed E-state index contributed by atoms with van der Waals surface area (Å²) in [5.74, 6) is 0.232. The average molecular weight is 327 g/mol. The van der Waals surface area contributed by atoms with Gasteiger partial charge < -0.3 is 5.32 Å². The monoisotopic (exact) mass is 327 g/mol. The van der Waals surface area contributed by atoms with Gasteiger partial charge in [-0.05, 0) is 48.7 Å². The number of fused-ring (bicyclic) bond motifs is 4. The first-order chi connectivity index (χ1) is 12.3. The lowest BCUT2D eigenvalue weighted by Crippen LogP contribution is -2.27. The minimum Gasteiger partial charge on any atom is -0.372 e. The molecule has 0 saturated heterocycles. The zero-order chi connectivity index (χ0) is 16.8. The van der Waals surface area contributed by atoms with Crippen molar-refractivity contribution in [3.05, 3.63) is 71.7 Å². The van der Waals surface area contributed by atoms with Gasteiger partial charge in [0.05, 0.1) is 17.3 Å². The predicted octanol–water partition coefficient (Wildman–Crippen LogP) is 4.30. The summed E-state index contributed by atoms with van der Waals surface area (Å²) < 4.78 is 0. The predicted molar refractivity (Wildman–Crippen MR) is 98.1 cm³/mol. The second-order valence-corrected chi connectivity index (χ2v) is 6.56. The highest BCUT2D eigenvalue weighted by molar-refractivity contribution is 6.12. The summed E-state index contributed by atoms with van der Waals surface area (Å²) in [5, 5.41) is 4.67. The first-order valence-electron chi connectivity index (χ1n) is 8.65. The molecule has 1 aliphatic carbocycles. The molecule has 2 aliphatic rings. The van der Waals surface area contributed by atoms with Crippen molar-refractivity contribution in [2.24, 2.45) is 0 Å². The topological polar surface area (TPSA) is 54.9 Å².